The molecule has 5 nitrogen and oxygen atoms in total. The summed E-state index contributed by atoms with van der Waals surface area (Å²) in [6.07, 6.45) is 0. The van der Waals surface area contributed by atoms with Gasteiger partial charge in [0, 0.05) is 0 Å². The third-order valence-corrected chi connectivity index (χ3v) is 2.30. The number of hydrogen-bond donors (Lipinski definition) is 0. The molecule has 0 aliphatic heterocycles. The Hall–Kier alpha value is -2.04. The van der Waals surface area contributed by atoms with Crippen LogP contribution in [0, 0.1) is 5.41 Å². The molecule has 0 aliphatic carbocycles. The molecular formula is C14H18O5. The largest absolute Gasteiger partial charge is 0.465 e. The van der Waals surface area contributed by atoms with Gasteiger partial charge in [-0.05, 0) is 45.0 Å². The van der Waals surface area contributed by atoms with E-state index in [4.69, 9.17) is 9.47 Å². The maximum atomic E-state index is 11.5. The van der Waals surface area contributed by atoms with Crippen LogP contribution in [0.2, 0.25) is 0 Å². The molecule has 1 rings (SSSR count). The van der Waals surface area contributed by atoms with E-state index in [0.29, 0.717) is 11.3 Å². The molecule has 0 amide bonds. The van der Waals surface area contributed by atoms with Crippen LogP contribution in [0.1, 0.15) is 31.1 Å². The van der Waals surface area contributed by atoms with E-state index < -0.39 is 11.4 Å². The standard InChI is InChI=1S/C14H18O5/c1-14(2,3)13(16)19-9-18-11-7-5-10(6-8-11)12(15)17-4/h5-8H,9H2,1-4H3. The summed E-state index contributed by atoms with van der Waals surface area (Å²) in [5.74, 6) is -0.237. The summed E-state index contributed by atoms with van der Waals surface area (Å²) in [5, 5.41) is 0. The second-order valence-electron chi connectivity index (χ2n) is 4.96. The van der Waals surface area contributed by atoms with Gasteiger partial charge in [-0.3, -0.25) is 4.79 Å². The Morgan fingerprint density at radius 1 is 1.11 bits per heavy atom. The smallest absolute Gasteiger partial charge is 0.337 e. The molecule has 1 aromatic carbocycles. The van der Waals surface area contributed by atoms with Crippen molar-refractivity contribution in [3.05, 3.63) is 29.8 Å². The third-order valence-electron chi connectivity index (χ3n) is 2.30. The average molecular weight is 266 g/mol. The molecule has 0 saturated heterocycles. The lowest BCUT2D eigenvalue weighted by atomic mass is 9.98. The van der Waals surface area contributed by atoms with Crippen molar-refractivity contribution in [3.63, 3.8) is 0 Å². The number of carbonyl (C=O) groups excluding carboxylic acids is 2. The number of carbonyl (C=O) groups is 2. The van der Waals surface area contributed by atoms with E-state index >= 15 is 0 Å². The molecule has 0 spiro atoms. The fraction of sp³-hybridized carbons (Fsp3) is 0.429. The molecule has 0 atom stereocenters. The SMILES string of the molecule is COC(=O)c1ccc(OCOC(=O)C(C)(C)C)cc1. The van der Waals surface area contributed by atoms with E-state index in [1.54, 1.807) is 45.0 Å². The number of ether oxygens (including phenoxy) is 3. The Balaban J connectivity index is 2.47. The van der Waals surface area contributed by atoms with E-state index in [9.17, 15) is 9.59 Å². The van der Waals surface area contributed by atoms with Crippen LogP contribution in [0.5, 0.6) is 5.75 Å². The van der Waals surface area contributed by atoms with Crippen molar-refractivity contribution >= 4 is 11.9 Å². The van der Waals surface area contributed by atoms with Crippen molar-refractivity contribution in [1.29, 1.82) is 0 Å². The van der Waals surface area contributed by atoms with E-state index in [0.717, 1.165) is 0 Å². The minimum absolute atomic E-state index is 0.159. The van der Waals surface area contributed by atoms with E-state index in [1.807, 2.05) is 0 Å². The maximum absolute atomic E-state index is 11.5. The first kappa shape index (κ1) is 15.0. The lowest BCUT2D eigenvalue weighted by Crippen LogP contribution is -2.24. The first-order chi connectivity index (χ1) is 8.84. The molecular weight excluding hydrogens is 248 g/mol. The van der Waals surface area contributed by atoms with Crippen LogP contribution in [0.4, 0.5) is 0 Å². The predicted molar refractivity (Wildman–Crippen MR) is 68.8 cm³/mol. The topological polar surface area (TPSA) is 61.8 Å². The lowest BCUT2D eigenvalue weighted by molar-refractivity contribution is -0.159. The lowest BCUT2D eigenvalue weighted by Gasteiger charge is -2.16. The van der Waals surface area contributed by atoms with Crippen LogP contribution in [-0.2, 0) is 14.3 Å². The van der Waals surface area contributed by atoms with Crippen molar-refractivity contribution in [3.8, 4) is 5.75 Å². The van der Waals surface area contributed by atoms with Crippen LogP contribution in [-0.4, -0.2) is 25.8 Å². The maximum Gasteiger partial charge on any atom is 0.337 e. The molecule has 0 fully saturated rings. The zero-order valence-corrected chi connectivity index (χ0v) is 11.6. The van der Waals surface area contributed by atoms with Gasteiger partial charge in [0.1, 0.15) is 5.75 Å². The number of hydrogen-bond acceptors (Lipinski definition) is 5. The molecule has 0 saturated carbocycles. The highest BCUT2D eigenvalue weighted by Crippen LogP contribution is 2.16. The highest BCUT2D eigenvalue weighted by atomic mass is 16.7. The molecule has 0 aliphatic rings. The monoisotopic (exact) mass is 266 g/mol. The van der Waals surface area contributed by atoms with Gasteiger partial charge in [-0.25, -0.2) is 4.79 Å². The third kappa shape index (κ3) is 4.62. The predicted octanol–water partition coefficient (Wildman–Crippen LogP) is 2.40. The summed E-state index contributed by atoms with van der Waals surface area (Å²) in [4.78, 5) is 22.7. The Labute approximate surface area is 112 Å². The molecule has 0 bridgehead atoms. The molecule has 1 aromatic rings. The quantitative estimate of drug-likeness (QED) is 0.618. The van der Waals surface area contributed by atoms with Gasteiger partial charge in [-0.1, -0.05) is 0 Å². The van der Waals surface area contributed by atoms with Gasteiger partial charge in [0.05, 0.1) is 18.1 Å². The van der Waals surface area contributed by atoms with Crippen LogP contribution in [0.25, 0.3) is 0 Å². The van der Waals surface area contributed by atoms with Crippen molar-refractivity contribution in [2.75, 3.05) is 13.9 Å². The molecule has 0 aromatic heterocycles. The Kier molecular flexibility index (Phi) is 4.92. The second kappa shape index (κ2) is 6.22. The summed E-state index contributed by atoms with van der Waals surface area (Å²) in [5.41, 5.74) is -0.125. The highest BCUT2D eigenvalue weighted by molar-refractivity contribution is 5.89. The van der Waals surface area contributed by atoms with Gasteiger partial charge in [0.25, 0.3) is 0 Å². The van der Waals surface area contributed by atoms with Crippen molar-refractivity contribution < 1.29 is 23.8 Å². The summed E-state index contributed by atoms with van der Waals surface area (Å²) in [7, 11) is 1.32. The fourth-order valence-corrected chi connectivity index (χ4v) is 1.17. The van der Waals surface area contributed by atoms with Crippen molar-refractivity contribution in [2.45, 2.75) is 20.8 Å². The van der Waals surface area contributed by atoms with Gasteiger partial charge in [0.15, 0.2) is 0 Å². The number of esters is 2. The first-order valence-corrected chi connectivity index (χ1v) is 5.83. The normalized spacial score (nSPS) is 10.7. The van der Waals surface area contributed by atoms with Crippen molar-refractivity contribution in [1.82, 2.24) is 0 Å². The molecule has 104 valence electrons. The summed E-state index contributed by atoms with van der Waals surface area (Å²) >= 11 is 0. The number of benzene rings is 1. The molecule has 5 heteroatoms. The second-order valence-corrected chi connectivity index (χ2v) is 4.96. The van der Waals surface area contributed by atoms with E-state index in [2.05, 4.69) is 4.74 Å². The Morgan fingerprint density at radius 2 is 1.68 bits per heavy atom. The Morgan fingerprint density at radius 3 is 2.16 bits per heavy atom. The van der Waals surface area contributed by atoms with Crippen LogP contribution in [0.3, 0.4) is 0 Å². The zero-order chi connectivity index (χ0) is 14.5. The zero-order valence-electron chi connectivity index (χ0n) is 11.6. The molecule has 0 unspecified atom stereocenters. The minimum Gasteiger partial charge on any atom is -0.465 e. The molecule has 19 heavy (non-hydrogen) atoms. The van der Waals surface area contributed by atoms with Crippen molar-refractivity contribution in [2.24, 2.45) is 5.41 Å². The minimum atomic E-state index is -0.557. The van der Waals surface area contributed by atoms with Crippen LogP contribution in [0.15, 0.2) is 24.3 Å². The van der Waals surface area contributed by atoms with Crippen LogP contribution >= 0.6 is 0 Å². The van der Waals surface area contributed by atoms with Crippen LogP contribution < -0.4 is 4.74 Å². The number of methoxy groups -OCH3 is 1. The number of rotatable bonds is 4. The average Bonchev–Trinajstić information content (AvgIpc) is 2.37. The molecule has 0 radical (unpaired) electrons. The summed E-state index contributed by atoms with van der Waals surface area (Å²) in [6, 6.07) is 6.37. The highest BCUT2D eigenvalue weighted by Gasteiger charge is 2.22. The summed E-state index contributed by atoms with van der Waals surface area (Å²) < 4.78 is 14.8. The van der Waals surface area contributed by atoms with Gasteiger partial charge in [-0.2, -0.15) is 0 Å². The Bertz CT molecular complexity index is 442. The van der Waals surface area contributed by atoms with Gasteiger partial charge >= 0.3 is 11.9 Å². The van der Waals surface area contributed by atoms with E-state index in [1.165, 1.54) is 7.11 Å². The van der Waals surface area contributed by atoms with Gasteiger partial charge < -0.3 is 14.2 Å². The summed E-state index contributed by atoms with van der Waals surface area (Å²) in [6.45, 7) is 5.13. The van der Waals surface area contributed by atoms with E-state index in [-0.39, 0.29) is 12.8 Å². The molecule has 0 N–H and O–H groups in total. The van der Waals surface area contributed by atoms with Gasteiger partial charge in [0.2, 0.25) is 6.79 Å². The van der Waals surface area contributed by atoms with Gasteiger partial charge in [-0.15, -0.1) is 0 Å². The first-order valence-electron chi connectivity index (χ1n) is 5.83. The fourth-order valence-electron chi connectivity index (χ4n) is 1.17. The molecule has 0 heterocycles.